The number of amides is 1. The number of halogens is 1. The van der Waals surface area contributed by atoms with E-state index in [2.05, 4.69) is 20.7 Å². The molecule has 1 aromatic carbocycles. The van der Waals surface area contributed by atoms with Crippen molar-refractivity contribution in [2.45, 2.75) is 25.7 Å². The molecule has 0 saturated carbocycles. The number of hydrogen-bond acceptors (Lipinski definition) is 5. The molecule has 1 amide bonds. The van der Waals surface area contributed by atoms with Crippen LogP contribution in [0.5, 0.6) is 11.5 Å². The van der Waals surface area contributed by atoms with Crippen molar-refractivity contribution in [2.75, 3.05) is 7.11 Å². The standard InChI is InChI=1S/C16H17IN4O3/c1-23-13-7-6-10(8-14(13)24-17)9-18-21-16(22)15-11-4-2-3-5-12(11)19-20-15/h6-9H,2-5H2,1H3,(H,19,20)(H,21,22)/b18-9+. The molecule has 7 nitrogen and oxygen atoms in total. The summed E-state index contributed by atoms with van der Waals surface area (Å²) in [6.07, 6.45) is 5.60. The second kappa shape index (κ2) is 7.65. The number of carbonyl (C=O) groups excluding carboxylic acids is 1. The van der Waals surface area contributed by atoms with Gasteiger partial charge >= 0.3 is 0 Å². The molecule has 1 heterocycles. The van der Waals surface area contributed by atoms with E-state index < -0.39 is 0 Å². The number of nitrogens with zero attached hydrogens (tertiary/aromatic N) is 2. The Morgan fingerprint density at radius 2 is 2.21 bits per heavy atom. The lowest BCUT2D eigenvalue weighted by Crippen LogP contribution is -2.20. The van der Waals surface area contributed by atoms with Crippen molar-refractivity contribution in [1.82, 2.24) is 15.6 Å². The number of aromatic amines is 1. The highest BCUT2D eigenvalue weighted by Gasteiger charge is 2.21. The first-order chi connectivity index (χ1) is 11.7. The Kier molecular flexibility index (Phi) is 5.34. The van der Waals surface area contributed by atoms with Crippen molar-refractivity contribution in [1.29, 1.82) is 0 Å². The van der Waals surface area contributed by atoms with Gasteiger partial charge in [0, 0.05) is 11.3 Å². The molecule has 0 aliphatic heterocycles. The molecule has 0 unspecified atom stereocenters. The lowest BCUT2D eigenvalue weighted by molar-refractivity contribution is 0.0949. The first-order valence-electron chi connectivity index (χ1n) is 7.59. The van der Waals surface area contributed by atoms with Crippen LogP contribution in [0.15, 0.2) is 23.3 Å². The minimum atomic E-state index is -0.301. The maximum Gasteiger partial charge on any atom is 0.292 e. The van der Waals surface area contributed by atoms with E-state index in [4.69, 9.17) is 7.80 Å². The molecule has 1 aliphatic carbocycles. The van der Waals surface area contributed by atoms with Gasteiger partial charge in [0.2, 0.25) is 0 Å². The largest absolute Gasteiger partial charge is 0.493 e. The van der Waals surface area contributed by atoms with Gasteiger partial charge in [0.25, 0.3) is 5.91 Å². The number of fused-ring (bicyclic) bond motifs is 1. The van der Waals surface area contributed by atoms with E-state index in [-0.39, 0.29) is 5.91 Å². The van der Waals surface area contributed by atoms with E-state index in [1.165, 1.54) is 0 Å². The van der Waals surface area contributed by atoms with Crippen molar-refractivity contribution in [3.63, 3.8) is 0 Å². The van der Waals surface area contributed by atoms with Gasteiger partial charge in [0.15, 0.2) is 40.2 Å². The van der Waals surface area contributed by atoms with Gasteiger partial charge in [-0.05, 0) is 49.4 Å². The fraction of sp³-hybridized carbons (Fsp3) is 0.312. The zero-order valence-electron chi connectivity index (χ0n) is 13.1. The molecular weight excluding hydrogens is 423 g/mol. The number of methoxy groups -OCH3 is 1. The molecule has 0 atom stereocenters. The summed E-state index contributed by atoms with van der Waals surface area (Å²) in [6, 6.07) is 5.38. The summed E-state index contributed by atoms with van der Waals surface area (Å²) in [7, 11) is 1.58. The van der Waals surface area contributed by atoms with Gasteiger partial charge in [-0.15, -0.1) is 0 Å². The Hall–Kier alpha value is -2.10. The third-order valence-electron chi connectivity index (χ3n) is 3.92. The van der Waals surface area contributed by atoms with Gasteiger partial charge in [0.1, 0.15) is 0 Å². The minimum absolute atomic E-state index is 0.301. The number of ether oxygens (including phenoxy) is 1. The minimum Gasteiger partial charge on any atom is -0.493 e. The molecule has 1 aromatic heterocycles. The van der Waals surface area contributed by atoms with Gasteiger partial charge in [0.05, 0.1) is 13.3 Å². The van der Waals surface area contributed by atoms with Crippen LogP contribution < -0.4 is 13.2 Å². The highest BCUT2D eigenvalue weighted by molar-refractivity contribution is 14.1. The van der Waals surface area contributed by atoms with Crippen molar-refractivity contribution >= 4 is 35.1 Å². The number of carbonyl (C=O) groups is 1. The third-order valence-corrected chi connectivity index (χ3v) is 4.40. The molecule has 126 valence electrons. The lowest BCUT2D eigenvalue weighted by atomic mass is 9.96. The average Bonchev–Trinajstić information content (AvgIpc) is 3.05. The van der Waals surface area contributed by atoms with Crippen LogP contribution in [-0.4, -0.2) is 29.4 Å². The number of hydrogen-bond donors (Lipinski definition) is 2. The number of benzene rings is 1. The van der Waals surface area contributed by atoms with Crippen molar-refractivity contribution in [3.05, 3.63) is 40.7 Å². The molecule has 0 radical (unpaired) electrons. The lowest BCUT2D eigenvalue weighted by Gasteiger charge is -2.10. The normalized spacial score (nSPS) is 13.6. The molecule has 3 rings (SSSR count). The van der Waals surface area contributed by atoms with Crippen LogP contribution in [0.3, 0.4) is 0 Å². The quantitative estimate of drug-likeness (QED) is 0.425. The van der Waals surface area contributed by atoms with Crippen LogP contribution in [-0.2, 0) is 12.8 Å². The molecule has 24 heavy (non-hydrogen) atoms. The summed E-state index contributed by atoms with van der Waals surface area (Å²) in [5, 5.41) is 11.1. The molecule has 8 heteroatoms. The van der Waals surface area contributed by atoms with E-state index in [9.17, 15) is 4.79 Å². The van der Waals surface area contributed by atoms with Crippen molar-refractivity contribution < 1.29 is 12.6 Å². The van der Waals surface area contributed by atoms with Gasteiger partial charge in [-0.25, -0.2) is 5.43 Å². The number of aryl methyl sites for hydroxylation is 1. The third kappa shape index (κ3) is 3.53. The smallest absolute Gasteiger partial charge is 0.292 e. The Morgan fingerprint density at radius 3 is 3.00 bits per heavy atom. The van der Waals surface area contributed by atoms with Gasteiger partial charge < -0.3 is 7.80 Å². The molecule has 0 saturated heterocycles. The van der Waals surface area contributed by atoms with Gasteiger partial charge in [-0.1, -0.05) is 0 Å². The zero-order valence-corrected chi connectivity index (χ0v) is 15.3. The Morgan fingerprint density at radius 1 is 1.38 bits per heavy atom. The number of nitrogens with one attached hydrogen (secondary N) is 2. The number of aromatic nitrogens is 2. The van der Waals surface area contributed by atoms with E-state index >= 15 is 0 Å². The van der Waals surface area contributed by atoms with E-state index in [1.54, 1.807) is 48.5 Å². The van der Waals surface area contributed by atoms with Crippen LogP contribution in [0.2, 0.25) is 0 Å². The SMILES string of the molecule is COc1ccc(/C=N/NC(=O)c2n[nH]c3c2CCCC3)cc1OI. The average molecular weight is 440 g/mol. The molecule has 0 bridgehead atoms. The van der Waals surface area contributed by atoms with E-state index in [0.717, 1.165) is 42.5 Å². The van der Waals surface area contributed by atoms with Crippen LogP contribution in [0.4, 0.5) is 0 Å². The summed E-state index contributed by atoms with van der Waals surface area (Å²) in [4.78, 5) is 12.2. The molecule has 0 fully saturated rings. The maximum atomic E-state index is 12.2. The number of hydrazone groups is 1. The van der Waals surface area contributed by atoms with Gasteiger partial charge in [-0.2, -0.15) is 10.2 Å². The summed E-state index contributed by atoms with van der Waals surface area (Å²) < 4.78 is 10.4. The topological polar surface area (TPSA) is 88.6 Å². The van der Waals surface area contributed by atoms with E-state index in [1.807, 2.05) is 6.07 Å². The van der Waals surface area contributed by atoms with Crippen LogP contribution in [0.25, 0.3) is 0 Å². The van der Waals surface area contributed by atoms with E-state index in [0.29, 0.717) is 17.2 Å². The Balaban J connectivity index is 1.68. The summed E-state index contributed by atoms with van der Waals surface area (Å²) in [5.41, 5.74) is 5.82. The highest BCUT2D eigenvalue weighted by Crippen LogP contribution is 2.29. The van der Waals surface area contributed by atoms with Crippen molar-refractivity contribution in [2.24, 2.45) is 5.10 Å². The summed E-state index contributed by atoms with van der Waals surface area (Å²) >= 11 is 1.79. The van der Waals surface area contributed by atoms with Crippen LogP contribution in [0.1, 0.15) is 40.2 Å². The Labute approximate surface area is 153 Å². The summed E-state index contributed by atoms with van der Waals surface area (Å²) in [6.45, 7) is 0. The molecule has 2 aromatic rings. The molecule has 1 aliphatic rings. The first kappa shape index (κ1) is 16.7. The maximum absolute atomic E-state index is 12.2. The molecule has 2 N–H and O–H groups in total. The fourth-order valence-corrected chi connectivity index (χ4v) is 3.07. The first-order valence-corrected chi connectivity index (χ1v) is 8.47. The van der Waals surface area contributed by atoms with Gasteiger partial charge in [-0.3, -0.25) is 9.89 Å². The second-order valence-electron chi connectivity index (χ2n) is 5.42. The van der Waals surface area contributed by atoms with Crippen LogP contribution in [0, 0.1) is 0 Å². The fourth-order valence-electron chi connectivity index (χ4n) is 2.72. The second-order valence-corrected chi connectivity index (χ2v) is 5.86. The zero-order chi connectivity index (χ0) is 16.9. The number of H-pyrrole nitrogens is 1. The predicted octanol–water partition coefficient (Wildman–Crippen LogP) is 2.79. The molecule has 0 spiro atoms. The monoisotopic (exact) mass is 440 g/mol. The Bertz CT molecular complexity index is 773. The summed E-state index contributed by atoms with van der Waals surface area (Å²) in [5.74, 6) is 0.924. The number of rotatable bonds is 5. The van der Waals surface area contributed by atoms with Crippen LogP contribution >= 0.6 is 23.0 Å². The highest BCUT2D eigenvalue weighted by atomic mass is 127. The predicted molar refractivity (Wildman–Crippen MR) is 97.9 cm³/mol. The van der Waals surface area contributed by atoms with Crippen molar-refractivity contribution in [3.8, 4) is 11.5 Å². The molecular formula is C16H17IN4O3.